The Morgan fingerprint density at radius 2 is 2.30 bits per heavy atom. The molecule has 3 heteroatoms. The highest BCUT2D eigenvalue weighted by Crippen LogP contribution is 2.23. The summed E-state index contributed by atoms with van der Waals surface area (Å²) in [6.07, 6.45) is 1.67. The van der Waals surface area contributed by atoms with Gasteiger partial charge in [-0.3, -0.25) is 9.79 Å². The van der Waals surface area contributed by atoms with Crippen LogP contribution in [0.3, 0.4) is 0 Å². The van der Waals surface area contributed by atoms with Crippen molar-refractivity contribution in [3.63, 3.8) is 0 Å². The largest absolute Gasteiger partial charge is 0.365 e. The number of hydrogen-bond donors (Lipinski definition) is 1. The van der Waals surface area contributed by atoms with Crippen LogP contribution in [-0.4, -0.2) is 17.2 Å². The van der Waals surface area contributed by atoms with Gasteiger partial charge < -0.3 is 5.73 Å². The van der Waals surface area contributed by atoms with E-state index in [1.165, 1.54) is 0 Å². The molecule has 1 heterocycles. The predicted octanol–water partition coefficient (Wildman–Crippen LogP) is 0.485. The lowest BCUT2D eigenvalue weighted by molar-refractivity contribution is -0.112. The van der Waals surface area contributed by atoms with Crippen molar-refractivity contribution in [3.8, 4) is 0 Å². The number of aliphatic imine (C=N–C) groups is 1. The van der Waals surface area contributed by atoms with Gasteiger partial charge in [-0.1, -0.05) is 0 Å². The van der Waals surface area contributed by atoms with E-state index in [0.717, 1.165) is 12.8 Å². The van der Waals surface area contributed by atoms with Crippen LogP contribution in [0.1, 0.15) is 26.7 Å². The van der Waals surface area contributed by atoms with E-state index in [1.807, 2.05) is 13.8 Å². The molecular weight excluding hydrogens is 128 g/mol. The fourth-order valence-electron chi connectivity index (χ4n) is 1.08. The molecule has 1 rings (SSSR count). The lowest BCUT2D eigenvalue weighted by Crippen LogP contribution is -2.21. The van der Waals surface area contributed by atoms with Gasteiger partial charge in [-0.25, -0.2) is 0 Å². The summed E-state index contributed by atoms with van der Waals surface area (Å²) >= 11 is 0. The number of nitrogens with zero attached hydrogens (tertiary/aromatic N) is 1. The van der Waals surface area contributed by atoms with Gasteiger partial charge in [0.05, 0.1) is 11.3 Å². The van der Waals surface area contributed by atoms with Crippen LogP contribution < -0.4 is 5.73 Å². The number of hydrogen-bond acceptors (Lipinski definition) is 2. The highest BCUT2D eigenvalue weighted by atomic mass is 16.1. The summed E-state index contributed by atoms with van der Waals surface area (Å²) in [6, 6.07) is 0. The molecule has 0 saturated carbocycles. The molecule has 0 aromatic carbocycles. The molecule has 0 bridgehead atoms. The zero-order valence-corrected chi connectivity index (χ0v) is 6.35. The molecule has 0 aromatic rings. The summed E-state index contributed by atoms with van der Waals surface area (Å²) in [7, 11) is 0. The number of nitrogens with two attached hydrogens (primary N) is 1. The second-order valence-electron chi connectivity index (χ2n) is 3.24. The van der Waals surface area contributed by atoms with Crippen LogP contribution in [0, 0.1) is 0 Å². The van der Waals surface area contributed by atoms with Gasteiger partial charge in [-0.15, -0.1) is 0 Å². The van der Waals surface area contributed by atoms with Crippen LogP contribution in [0.5, 0.6) is 0 Å². The summed E-state index contributed by atoms with van der Waals surface area (Å²) in [6.45, 7) is 4.01. The second-order valence-corrected chi connectivity index (χ2v) is 3.24. The molecular formula is C7H12N2O. The first-order chi connectivity index (χ1) is 4.51. The van der Waals surface area contributed by atoms with Crippen LogP contribution in [0.25, 0.3) is 0 Å². The van der Waals surface area contributed by atoms with Crippen molar-refractivity contribution in [1.82, 2.24) is 0 Å². The third kappa shape index (κ3) is 1.35. The zero-order valence-electron chi connectivity index (χ0n) is 6.35. The van der Waals surface area contributed by atoms with E-state index in [-0.39, 0.29) is 11.4 Å². The van der Waals surface area contributed by atoms with Gasteiger partial charge in [-0.2, -0.15) is 0 Å². The standard InChI is InChI=1S/C7H12N2O/c1-7(2)4-3-5(9-7)6(8)10/h3-4H2,1-2H3,(H2,8,10). The maximum absolute atomic E-state index is 10.6. The number of rotatable bonds is 1. The van der Waals surface area contributed by atoms with Crippen molar-refractivity contribution in [3.05, 3.63) is 0 Å². The van der Waals surface area contributed by atoms with Gasteiger partial charge in [0.2, 0.25) is 0 Å². The second kappa shape index (κ2) is 2.08. The molecule has 1 aliphatic heterocycles. The van der Waals surface area contributed by atoms with E-state index in [2.05, 4.69) is 4.99 Å². The molecule has 3 nitrogen and oxygen atoms in total. The van der Waals surface area contributed by atoms with E-state index in [4.69, 9.17) is 5.73 Å². The van der Waals surface area contributed by atoms with Gasteiger partial charge in [0, 0.05) is 0 Å². The third-order valence-corrected chi connectivity index (χ3v) is 1.70. The predicted molar refractivity (Wildman–Crippen MR) is 39.9 cm³/mol. The Balaban J connectivity index is 2.76. The summed E-state index contributed by atoms with van der Waals surface area (Å²) < 4.78 is 0. The Kier molecular flexibility index (Phi) is 1.50. The van der Waals surface area contributed by atoms with Crippen molar-refractivity contribution in [2.75, 3.05) is 0 Å². The monoisotopic (exact) mass is 140 g/mol. The van der Waals surface area contributed by atoms with Gasteiger partial charge >= 0.3 is 0 Å². The molecule has 0 unspecified atom stereocenters. The maximum Gasteiger partial charge on any atom is 0.262 e. The Labute approximate surface area is 60.3 Å². The molecule has 10 heavy (non-hydrogen) atoms. The van der Waals surface area contributed by atoms with Crippen molar-refractivity contribution in [1.29, 1.82) is 0 Å². The molecule has 0 aliphatic carbocycles. The van der Waals surface area contributed by atoms with Crippen LogP contribution >= 0.6 is 0 Å². The third-order valence-electron chi connectivity index (χ3n) is 1.70. The average molecular weight is 140 g/mol. The Hall–Kier alpha value is -0.860. The number of primary amides is 1. The molecule has 1 aliphatic rings. The van der Waals surface area contributed by atoms with Crippen LogP contribution in [0.2, 0.25) is 0 Å². The summed E-state index contributed by atoms with van der Waals surface area (Å²) in [5, 5.41) is 0. The zero-order chi connectivity index (χ0) is 7.78. The van der Waals surface area contributed by atoms with E-state index in [9.17, 15) is 4.79 Å². The summed E-state index contributed by atoms with van der Waals surface area (Å²) in [5.41, 5.74) is 5.53. The summed E-state index contributed by atoms with van der Waals surface area (Å²) in [4.78, 5) is 14.7. The molecule has 1 amide bonds. The SMILES string of the molecule is CC1(C)CCC(C(N)=O)=N1. The van der Waals surface area contributed by atoms with E-state index < -0.39 is 0 Å². The number of carbonyl (C=O) groups is 1. The topological polar surface area (TPSA) is 55.5 Å². The van der Waals surface area contributed by atoms with E-state index in [0.29, 0.717) is 5.71 Å². The van der Waals surface area contributed by atoms with E-state index in [1.54, 1.807) is 0 Å². The van der Waals surface area contributed by atoms with E-state index >= 15 is 0 Å². The minimum atomic E-state index is -0.370. The Morgan fingerprint density at radius 1 is 1.70 bits per heavy atom. The first-order valence-electron chi connectivity index (χ1n) is 3.40. The molecule has 2 N–H and O–H groups in total. The lowest BCUT2D eigenvalue weighted by atomic mass is 10.0. The van der Waals surface area contributed by atoms with Crippen LogP contribution in [-0.2, 0) is 4.79 Å². The Morgan fingerprint density at radius 3 is 2.50 bits per heavy atom. The quantitative estimate of drug-likeness (QED) is 0.566. The highest BCUT2D eigenvalue weighted by Gasteiger charge is 2.26. The average Bonchev–Trinajstić information content (AvgIpc) is 2.10. The fourth-order valence-corrected chi connectivity index (χ4v) is 1.08. The van der Waals surface area contributed by atoms with Crippen molar-refractivity contribution in [2.24, 2.45) is 10.7 Å². The molecule has 0 atom stereocenters. The normalized spacial score (nSPS) is 22.4. The minimum Gasteiger partial charge on any atom is -0.365 e. The lowest BCUT2D eigenvalue weighted by Gasteiger charge is -2.10. The smallest absolute Gasteiger partial charge is 0.262 e. The van der Waals surface area contributed by atoms with Crippen molar-refractivity contribution >= 4 is 11.6 Å². The maximum atomic E-state index is 10.6. The summed E-state index contributed by atoms with van der Waals surface area (Å²) in [5.74, 6) is -0.370. The van der Waals surface area contributed by atoms with Gasteiger partial charge in [0.1, 0.15) is 0 Å². The number of amides is 1. The molecule has 0 radical (unpaired) electrons. The van der Waals surface area contributed by atoms with Gasteiger partial charge in [0.15, 0.2) is 0 Å². The van der Waals surface area contributed by atoms with Crippen LogP contribution in [0.4, 0.5) is 0 Å². The molecule has 0 spiro atoms. The molecule has 0 fully saturated rings. The first-order valence-corrected chi connectivity index (χ1v) is 3.40. The first kappa shape index (κ1) is 7.25. The fraction of sp³-hybridized carbons (Fsp3) is 0.714. The van der Waals surface area contributed by atoms with Crippen molar-refractivity contribution < 1.29 is 4.79 Å². The molecule has 0 aromatic heterocycles. The molecule has 56 valence electrons. The van der Waals surface area contributed by atoms with Gasteiger partial charge in [-0.05, 0) is 26.7 Å². The van der Waals surface area contributed by atoms with Gasteiger partial charge in [0.25, 0.3) is 5.91 Å². The highest BCUT2D eigenvalue weighted by molar-refractivity contribution is 6.38. The Bertz CT molecular complexity index is 194. The molecule has 0 saturated heterocycles. The number of carbonyl (C=O) groups excluding carboxylic acids is 1. The van der Waals surface area contributed by atoms with Crippen LogP contribution in [0.15, 0.2) is 4.99 Å². The van der Waals surface area contributed by atoms with Crippen molar-refractivity contribution in [2.45, 2.75) is 32.2 Å². The minimum absolute atomic E-state index is 0.0651.